The van der Waals surface area contributed by atoms with Crippen LogP contribution in [0.3, 0.4) is 0 Å². The molecule has 12 heavy (non-hydrogen) atoms. The third-order valence-electron chi connectivity index (χ3n) is 3.11. The van der Waals surface area contributed by atoms with Crippen molar-refractivity contribution in [3.05, 3.63) is 0 Å². The Labute approximate surface area is 77.1 Å². The maximum absolute atomic E-state index is 2.54. The highest BCUT2D eigenvalue weighted by atomic mass is 15.1. The van der Waals surface area contributed by atoms with Gasteiger partial charge < -0.3 is 4.90 Å². The van der Waals surface area contributed by atoms with Crippen molar-refractivity contribution < 1.29 is 0 Å². The molecule has 0 aromatic rings. The zero-order valence-electron chi connectivity index (χ0n) is 8.84. The Bertz CT molecular complexity index is 118. The fraction of sp³-hybridized carbons (Fsp3) is 1.00. The Morgan fingerprint density at radius 2 is 2.00 bits per heavy atom. The van der Waals surface area contributed by atoms with Gasteiger partial charge in [0.15, 0.2) is 0 Å². The van der Waals surface area contributed by atoms with Crippen LogP contribution in [0.15, 0.2) is 0 Å². The summed E-state index contributed by atoms with van der Waals surface area (Å²) in [6.07, 6.45) is 7.05. The zero-order chi connectivity index (χ0) is 8.97. The van der Waals surface area contributed by atoms with Gasteiger partial charge in [-0.05, 0) is 45.7 Å². The molecule has 0 amide bonds. The Hall–Kier alpha value is -0.0400. The monoisotopic (exact) mass is 169 g/mol. The summed E-state index contributed by atoms with van der Waals surface area (Å²) in [6, 6.07) is 0.835. The van der Waals surface area contributed by atoms with Gasteiger partial charge in [0.1, 0.15) is 0 Å². The Kier molecular flexibility index (Phi) is 4.07. The molecule has 1 nitrogen and oxygen atoms in total. The lowest BCUT2D eigenvalue weighted by molar-refractivity contribution is 0.230. The van der Waals surface area contributed by atoms with Crippen molar-refractivity contribution in [3.8, 4) is 0 Å². The highest BCUT2D eigenvalue weighted by Crippen LogP contribution is 2.34. The van der Waals surface area contributed by atoms with Crippen LogP contribution < -0.4 is 0 Å². The molecule has 0 heterocycles. The minimum atomic E-state index is 0.835. The molecule has 1 aliphatic rings. The molecule has 0 aliphatic heterocycles. The molecule has 72 valence electrons. The van der Waals surface area contributed by atoms with Gasteiger partial charge in [0, 0.05) is 6.04 Å². The molecule has 0 aromatic heterocycles. The van der Waals surface area contributed by atoms with Crippen molar-refractivity contribution >= 4 is 0 Å². The standard InChI is InChI=1S/C11H23N/c1-4-5-6-9-12(3)10(2)11-7-8-11/h10-11H,4-9H2,1-3H3. The van der Waals surface area contributed by atoms with E-state index in [1.54, 1.807) is 0 Å². The summed E-state index contributed by atoms with van der Waals surface area (Å²) >= 11 is 0. The largest absolute Gasteiger partial charge is 0.303 e. The molecule has 1 rings (SSSR count). The van der Waals surface area contributed by atoms with Crippen molar-refractivity contribution in [2.75, 3.05) is 13.6 Å². The molecule has 0 N–H and O–H groups in total. The molecule has 0 bridgehead atoms. The summed E-state index contributed by atoms with van der Waals surface area (Å²) in [5, 5.41) is 0. The van der Waals surface area contributed by atoms with Gasteiger partial charge in [-0.3, -0.25) is 0 Å². The average molecular weight is 169 g/mol. The van der Waals surface area contributed by atoms with Gasteiger partial charge >= 0.3 is 0 Å². The Morgan fingerprint density at radius 1 is 1.33 bits per heavy atom. The van der Waals surface area contributed by atoms with Gasteiger partial charge in [-0.2, -0.15) is 0 Å². The first-order valence-corrected chi connectivity index (χ1v) is 5.46. The summed E-state index contributed by atoms with van der Waals surface area (Å²) in [6.45, 7) is 5.94. The van der Waals surface area contributed by atoms with E-state index in [1.165, 1.54) is 38.6 Å². The maximum Gasteiger partial charge on any atom is 0.00921 e. The van der Waals surface area contributed by atoms with E-state index in [9.17, 15) is 0 Å². The Morgan fingerprint density at radius 3 is 2.50 bits per heavy atom. The number of nitrogens with zero attached hydrogens (tertiary/aromatic N) is 1. The van der Waals surface area contributed by atoms with Gasteiger partial charge in [-0.25, -0.2) is 0 Å². The summed E-state index contributed by atoms with van der Waals surface area (Å²) in [5.41, 5.74) is 0. The second-order valence-corrected chi connectivity index (χ2v) is 4.27. The number of hydrogen-bond donors (Lipinski definition) is 0. The van der Waals surface area contributed by atoms with E-state index >= 15 is 0 Å². The summed E-state index contributed by atoms with van der Waals surface area (Å²) < 4.78 is 0. The van der Waals surface area contributed by atoms with Crippen LogP contribution >= 0.6 is 0 Å². The lowest BCUT2D eigenvalue weighted by atomic mass is 10.1. The molecule has 1 saturated carbocycles. The average Bonchev–Trinajstić information content (AvgIpc) is 2.86. The normalized spacial score (nSPS) is 20.0. The van der Waals surface area contributed by atoms with E-state index in [1.807, 2.05) is 0 Å². The third kappa shape index (κ3) is 3.14. The number of rotatable bonds is 6. The molecule has 1 aliphatic carbocycles. The van der Waals surface area contributed by atoms with Gasteiger partial charge in [0.25, 0.3) is 0 Å². The number of unbranched alkanes of at least 4 members (excludes halogenated alkanes) is 2. The van der Waals surface area contributed by atoms with Crippen LogP contribution in [0, 0.1) is 5.92 Å². The smallest absolute Gasteiger partial charge is 0.00921 e. The molecule has 0 radical (unpaired) electrons. The predicted octanol–water partition coefficient (Wildman–Crippen LogP) is 2.91. The van der Waals surface area contributed by atoms with Gasteiger partial charge in [0.05, 0.1) is 0 Å². The topological polar surface area (TPSA) is 3.24 Å². The minimum Gasteiger partial charge on any atom is -0.303 e. The molecule has 0 aromatic carbocycles. The Balaban J connectivity index is 2.04. The quantitative estimate of drug-likeness (QED) is 0.553. The molecule has 0 saturated heterocycles. The van der Waals surface area contributed by atoms with E-state index in [2.05, 4.69) is 25.8 Å². The van der Waals surface area contributed by atoms with Crippen molar-refractivity contribution in [1.82, 2.24) is 4.90 Å². The second kappa shape index (κ2) is 4.86. The van der Waals surface area contributed by atoms with Crippen LogP contribution in [0.4, 0.5) is 0 Å². The maximum atomic E-state index is 2.54. The van der Waals surface area contributed by atoms with Crippen molar-refractivity contribution in [2.45, 2.75) is 52.0 Å². The first-order chi connectivity index (χ1) is 5.75. The summed E-state index contributed by atoms with van der Waals surface area (Å²) in [4.78, 5) is 2.54. The highest BCUT2D eigenvalue weighted by molar-refractivity contribution is 4.83. The lowest BCUT2D eigenvalue weighted by Crippen LogP contribution is -2.31. The fourth-order valence-corrected chi connectivity index (χ4v) is 1.75. The van der Waals surface area contributed by atoms with Crippen LogP contribution in [0.1, 0.15) is 46.0 Å². The van der Waals surface area contributed by atoms with Crippen LogP contribution in [-0.2, 0) is 0 Å². The second-order valence-electron chi connectivity index (χ2n) is 4.27. The van der Waals surface area contributed by atoms with Crippen LogP contribution in [0.5, 0.6) is 0 Å². The molecule has 1 fully saturated rings. The molecule has 1 heteroatoms. The molecular formula is C11H23N. The summed E-state index contributed by atoms with van der Waals surface area (Å²) in [5.74, 6) is 1.02. The fourth-order valence-electron chi connectivity index (χ4n) is 1.75. The molecule has 0 spiro atoms. The first kappa shape index (κ1) is 10.0. The number of hydrogen-bond acceptors (Lipinski definition) is 1. The van der Waals surface area contributed by atoms with E-state index in [0.717, 1.165) is 12.0 Å². The van der Waals surface area contributed by atoms with Gasteiger partial charge in [0.2, 0.25) is 0 Å². The van der Waals surface area contributed by atoms with E-state index < -0.39 is 0 Å². The molecule has 1 unspecified atom stereocenters. The van der Waals surface area contributed by atoms with Gasteiger partial charge in [-0.1, -0.05) is 19.8 Å². The van der Waals surface area contributed by atoms with Crippen molar-refractivity contribution in [1.29, 1.82) is 0 Å². The van der Waals surface area contributed by atoms with E-state index in [4.69, 9.17) is 0 Å². The highest BCUT2D eigenvalue weighted by Gasteiger charge is 2.29. The van der Waals surface area contributed by atoms with Crippen molar-refractivity contribution in [3.63, 3.8) is 0 Å². The van der Waals surface area contributed by atoms with Crippen LogP contribution in [0.2, 0.25) is 0 Å². The van der Waals surface area contributed by atoms with Crippen LogP contribution in [-0.4, -0.2) is 24.5 Å². The SMILES string of the molecule is CCCCCN(C)C(C)C1CC1. The van der Waals surface area contributed by atoms with E-state index in [-0.39, 0.29) is 0 Å². The van der Waals surface area contributed by atoms with Crippen molar-refractivity contribution in [2.24, 2.45) is 5.92 Å². The minimum absolute atomic E-state index is 0.835. The molecule has 1 atom stereocenters. The lowest BCUT2D eigenvalue weighted by Gasteiger charge is -2.24. The molecular weight excluding hydrogens is 146 g/mol. The third-order valence-corrected chi connectivity index (χ3v) is 3.11. The van der Waals surface area contributed by atoms with Crippen LogP contribution in [0.25, 0.3) is 0 Å². The van der Waals surface area contributed by atoms with Gasteiger partial charge in [-0.15, -0.1) is 0 Å². The summed E-state index contributed by atoms with van der Waals surface area (Å²) in [7, 11) is 2.28. The zero-order valence-corrected chi connectivity index (χ0v) is 8.84. The first-order valence-electron chi connectivity index (χ1n) is 5.46. The van der Waals surface area contributed by atoms with E-state index in [0.29, 0.717) is 0 Å². The predicted molar refractivity (Wildman–Crippen MR) is 54.3 cm³/mol.